The Balaban J connectivity index is 1.83. The monoisotopic (exact) mass is 401 g/mol. The summed E-state index contributed by atoms with van der Waals surface area (Å²) in [5.41, 5.74) is 2.48. The lowest BCUT2D eigenvalue weighted by atomic mass is 10.0. The van der Waals surface area contributed by atoms with E-state index in [1.54, 1.807) is 36.8 Å². The number of hydrogen-bond donors (Lipinski definition) is 2. The molecule has 0 aliphatic carbocycles. The van der Waals surface area contributed by atoms with Crippen molar-refractivity contribution in [2.24, 2.45) is 0 Å². The van der Waals surface area contributed by atoms with Crippen molar-refractivity contribution in [2.75, 3.05) is 0 Å². The SMILES string of the molecule is OC(c1ccc(Cl)cc1)c1cc(-c2ccnc(Cl)c2)sc1-c1ncc[nH]1. The van der Waals surface area contributed by atoms with E-state index in [1.165, 1.54) is 11.3 Å². The lowest BCUT2D eigenvalue weighted by Crippen LogP contribution is -1.99. The summed E-state index contributed by atoms with van der Waals surface area (Å²) in [6.45, 7) is 0. The normalized spacial score (nSPS) is 12.3. The summed E-state index contributed by atoms with van der Waals surface area (Å²) >= 11 is 13.5. The maximum atomic E-state index is 11.0. The molecule has 0 spiro atoms. The van der Waals surface area contributed by atoms with Gasteiger partial charge in [0.25, 0.3) is 0 Å². The van der Waals surface area contributed by atoms with Gasteiger partial charge in [-0.25, -0.2) is 9.97 Å². The summed E-state index contributed by atoms with van der Waals surface area (Å²) in [5, 5.41) is 12.0. The number of rotatable bonds is 4. The van der Waals surface area contributed by atoms with E-state index < -0.39 is 6.10 Å². The summed E-state index contributed by atoms with van der Waals surface area (Å²) in [6, 6.07) is 12.8. The standard InChI is InChI=1S/C19H13Cl2N3OS/c20-13-3-1-11(2-4-13)17(25)14-10-15(12-5-6-22-16(21)9-12)26-18(14)19-23-7-8-24-19/h1-10,17,25H,(H,23,24). The van der Waals surface area contributed by atoms with Gasteiger partial charge in [0.15, 0.2) is 0 Å². The number of H-pyrrole nitrogens is 1. The quantitative estimate of drug-likeness (QED) is 0.438. The van der Waals surface area contributed by atoms with Gasteiger partial charge in [0, 0.05) is 34.1 Å². The van der Waals surface area contributed by atoms with E-state index in [2.05, 4.69) is 15.0 Å². The number of benzene rings is 1. The van der Waals surface area contributed by atoms with Crippen LogP contribution in [0.3, 0.4) is 0 Å². The van der Waals surface area contributed by atoms with Crippen LogP contribution in [0.1, 0.15) is 17.2 Å². The number of halogens is 2. The van der Waals surface area contributed by atoms with E-state index in [0.29, 0.717) is 16.0 Å². The van der Waals surface area contributed by atoms with Crippen molar-refractivity contribution in [1.29, 1.82) is 0 Å². The molecular formula is C19H13Cl2N3OS. The highest BCUT2D eigenvalue weighted by molar-refractivity contribution is 7.19. The molecule has 130 valence electrons. The van der Waals surface area contributed by atoms with E-state index in [-0.39, 0.29) is 0 Å². The Morgan fingerprint density at radius 1 is 1.00 bits per heavy atom. The number of aromatic amines is 1. The molecule has 7 heteroatoms. The first kappa shape index (κ1) is 17.2. The van der Waals surface area contributed by atoms with Gasteiger partial charge in [-0.3, -0.25) is 0 Å². The van der Waals surface area contributed by atoms with Gasteiger partial charge in [-0.1, -0.05) is 35.3 Å². The van der Waals surface area contributed by atoms with Crippen LogP contribution in [0.5, 0.6) is 0 Å². The third kappa shape index (κ3) is 3.39. The average Bonchev–Trinajstić information content (AvgIpc) is 3.31. The van der Waals surface area contributed by atoms with Crippen molar-refractivity contribution in [3.63, 3.8) is 0 Å². The zero-order valence-corrected chi connectivity index (χ0v) is 15.7. The van der Waals surface area contributed by atoms with Crippen LogP contribution in [0.2, 0.25) is 10.2 Å². The molecule has 3 heterocycles. The van der Waals surface area contributed by atoms with E-state index in [9.17, 15) is 5.11 Å². The zero-order chi connectivity index (χ0) is 18.1. The molecule has 3 aromatic heterocycles. The van der Waals surface area contributed by atoms with Crippen LogP contribution >= 0.6 is 34.5 Å². The molecule has 2 N–H and O–H groups in total. The summed E-state index contributed by atoms with van der Waals surface area (Å²) in [7, 11) is 0. The first-order valence-electron chi connectivity index (χ1n) is 7.81. The van der Waals surface area contributed by atoms with Gasteiger partial charge in [-0.05, 0) is 41.5 Å². The topological polar surface area (TPSA) is 61.8 Å². The van der Waals surface area contributed by atoms with Crippen molar-refractivity contribution in [3.8, 4) is 21.1 Å². The van der Waals surface area contributed by atoms with Gasteiger partial charge in [-0.15, -0.1) is 11.3 Å². The molecule has 0 aliphatic heterocycles. The van der Waals surface area contributed by atoms with Crippen LogP contribution in [-0.2, 0) is 0 Å². The van der Waals surface area contributed by atoms with Crippen LogP contribution in [-0.4, -0.2) is 20.1 Å². The molecule has 4 rings (SSSR count). The summed E-state index contributed by atoms with van der Waals surface area (Å²) in [5.74, 6) is 0.712. The fourth-order valence-electron chi connectivity index (χ4n) is 2.71. The molecule has 1 aromatic carbocycles. The van der Waals surface area contributed by atoms with E-state index in [0.717, 1.165) is 26.4 Å². The second-order valence-corrected chi connectivity index (χ2v) is 7.53. The second kappa shape index (κ2) is 7.21. The Hall–Kier alpha value is -2.18. The lowest BCUT2D eigenvalue weighted by Gasteiger charge is -2.11. The number of nitrogens with zero attached hydrogens (tertiary/aromatic N) is 2. The number of imidazole rings is 1. The highest BCUT2D eigenvalue weighted by Crippen LogP contribution is 2.41. The molecule has 0 bridgehead atoms. The Labute approximate surface area is 164 Å². The third-order valence-electron chi connectivity index (χ3n) is 3.97. The third-order valence-corrected chi connectivity index (χ3v) is 5.63. The molecule has 0 amide bonds. The van der Waals surface area contributed by atoms with E-state index in [1.807, 2.05) is 24.3 Å². The van der Waals surface area contributed by atoms with Gasteiger partial charge in [0.1, 0.15) is 17.1 Å². The minimum Gasteiger partial charge on any atom is -0.384 e. The van der Waals surface area contributed by atoms with Crippen molar-refractivity contribution >= 4 is 34.5 Å². The number of nitrogens with one attached hydrogen (secondary N) is 1. The number of hydrogen-bond acceptors (Lipinski definition) is 4. The van der Waals surface area contributed by atoms with Gasteiger partial charge >= 0.3 is 0 Å². The molecule has 0 fully saturated rings. The van der Waals surface area contributed by atoms with Crippen LogP contribution in [0, 0.1) is 0 Å². The van der Waals surface area contributed by atoms with E-state index in [4.69, 9.17) is 23.2 Å². The summed E-state index contributed by atoms with van der Waals surface area (Å²) < 4.78 is 0. The summed E-state index contributed by atoms with van der Waals surface area (Å²) in [6.07, 6.45) is 4.32. The highest BCUT2D eigenvalue weighted by atomic mass is 35.5. The molecular weight excluding hydrogens is 389 g/mol. The molecule has 4 nitrogen and oxygen atoms in total. The minimum absolute atomic E-state index is 0.426. The maximum absolute atomic E-state index is 11.0. The Morgan fingerprint density at radius 2 is 1.81 bits per heavy atom. The number of aliphatic hydroxyl groups excluding tert-OH is 1. The predicted octanol–water partition coefficient (Wildman–Crippen LogP) is 5.59. The Bertz CT molecular complexity index is 1030. The zero-order valence-electron chi connectivity index (χ0n) is 13.4. The van der Waals surface area contributed by atoms with Gasteiger partial charge < -0.3 is 10.1 Å². The Morgan fingerprint density at radius 3 is 2.50 bits per heavy atom. The van der Waals surface area contributed by atoms with Crippen LogP contribution in [0.15, 0.2) is 61.1 Å². The summed E-state index contributed by atoms with van der Waals surface area (Å²) in [4.78, 5) is 13.3. The number of aromatic nitrogens is 3. The average molecular weight is 402 g/mol. The first-order valence-corrected chi connectivity index (χ1v) is 9.38. The van der Waals surface area contributed by atoms with Gasteiger partial charge in [0.2, 0.25) is 0 Å². The fraction of sp³-hybridized carbons (Fsp3) is 0.0526. The lowest BCUT2D eigenvalue weighted by molar-refractivity contribution is 0.221. The van der Waals surface area contributed by atoms with Crippen molar-refractivity contribution in [1.82, 2.24) is 15.0 Å². The second-order valence-electron chi connectivity index (χ2n) is 5.65. The van der Waals surface area contributed by atoms with Crippen LogP contribution in [0.25, 0.3) is 21.1 Å². The Kier molecular flexibility index (Phi) is 4.78. The van der Waals surface area contributed by atoms with Gasteiger partial charge in [0.05, 0.1) is 4.88 Å². The number of thiophene rings is 1. The minimum atomic E-state index is -0.797. The molecule has 0 saturated heterocycles. The van der Waals surface area contributed by atoms with Crippen molar-refractivity contribution in [3.05, 3.63) is 82.4 Å². The highest BCUT2D eigenvalue weighted by Gasteiger charge is 2.21. The number of aliphatic hydroxyl groups is 1. The van der Waals surface area contributed by atoms with Gasteiger partial charge in [-0.2, -0.15) is 0 Å². The maximum Gasteiger partial charge on any atom is 0.147 e. The molecule has 0 saturated carbocycles. The molecule has 26 heavy (non-hydrogen) atoms. The van der Waals surface area contributed by atoms with Crippen molar-refractivity contribution < 1.29 is 5.11 Å². The number of pyridine rings is 1. The largest absolute Gasteiger partial charge is 0.384 e. The fourth-order valence-corrected chi connectivity index (χ4v) is 4.15. The van der Waals surface area contributed by atoms with Crippen LogP contribution < -0.4 is 0 Å². The predicted molar refractivity (Wildman–Crippen MR) is 106 cm³/mol. The molecule has 0 aliphatic rings. The smallest absolute Gasteiger partial charge is 0.147 e. The molecule has 1 unspecified atom stereocenters. The van der Waals surface area contributed by atoms with E-state index >= 15 is 0 Å². The van der Waals surface area contributed by atoms with Crippen molar-refractivity contribution in [2.45, 2.75) is 6.10 Å². The van der Waals surface area contributed by atoms with Crippen LogP contribution in [0.4, 0.5) is 0 Å². The molecule has 0 radical (unpaired) electrons. The molecule has 1 atom stereocenters. The first-order chi connectivity index (χ1) is 12.6. The molecule has 4 aromatic rings.